The summed E-state index contributed by atoms with van der Waals surface area (Å²) < 4.78 is 13.1. The quantitative estimate of drug-likeness (QED) is 0.767. The van der Waals surface area contributed by atoms with Gasteiger partial charge in [-0.1, -0.05) is 0 Å². The van der Waals surface area contributed by atoms with E-state index >= 15 is 0 Å². The van der Waals surface area contributed by atoms with E-state index in [1.54, 1.807) is 6.07 Å². The van der Waals surface area contributed by atoms with Gasteiger partial charge in [-0.2, -0.15) is 0 Å². The maximum atomic E-state index is 13.1. The molecule has 16 heavy (non-hydrogen) atoms. The molecule has 4 heteroatoms. The summed E-state index contributed by atoms with van der Waals surface area (Å²) in [6, 6.07) is 4.57. The van der Waals surface area contributed by atoms with Crippen LogP contribution in [0.2, 0.25) is 0 Å². The van der Waals surface area contributed by atoms with Crippen molar-refractivity contribution in [2.24, 2.45) is 5.92 Å². The Balaban J connectivity index is 1.89. The van der Waals surface area contributed by atoms with Crippen LogP contribution in [0.15, 0.2) is 18.2 Å². The molecule has 1 aliphatic rings. The van der Waals surface area contributed by atoms with E-state index in [0.29, 0.717) is 11.6 Å². The molecule has 0 bridgehead atoms. The molecule has 0 amide bonds. The summed E-state index contributed by atoms with van der Waals surface area (Å²) in [6.45, 7) is 3.14. The Morgan fingerprint density at radius 1 is 1.50 bits per heavy atom. The van der Waals surface area contributed by atoms with E-state index in [2.05, 4.69) is 17.3 Å². The lowest BCUT2D eigenvalue weighted by molar-refractivity contribution is 0.399. The minimum Gasteiger partial charge on any atom is -0.399 e. The molecule has 1 fully saturated rings. The third-order valence-corrected chi connectivity index (χ3v) is 3.00. The van der Waals surface area contributed by atoms with Crippen LogP contribution in [0.4, 0.5) is 15.8 Å². The van der Waals surface area contributed by atoms with E-state index in [1.165, 1.54) is 18.6 Å². The number of nitrogens with one attached hydrogen (secondary N) is 1. The zero-order chi connectivity index (χ0) is 11.5. The zero-order valence-electron chi connectivity index (χ0n) is 9.54. The molecule has 2 rings (SSSR count). The molecule has 0 radical (unpaired) electrons. The van der Waals surface area contributed by atoms with Gasteiger partial charge in [0.15, 0.2) is 0 Å². The predicted molar refractivity (Wildman–Crippen MR) is 64.9 cm³/mol. The van der Waals surface area contributed by atoms with E-state index in [4.69, 9.17) is 5.73 Å². The number of likely N-dealkylation sites (tertiary alicyclic amines) is 1. The first-order valence-electron chi connectivity index (χ1n) is 5.62. The van der Waals surface area contributed by atoms with Crippen LogP contribution < -0.4 is 11.1 Å². The van der Waals surface area contributed by atoms with Crippen molar-refractivity contribution in [2.45, 2.75) is 6.42 Å². The van der Waals surface area contributed by atoms with Gasteiger partial charge in [-0.15, -0.1) is 0 Å². The van der Waals surface area contributed by atoms with Crippen molar-refractivity contribution in [3.63, 3.8) is 0 Å². The number of halogens is 1. The summed E-state index contributed by atoms with van der Waals surface area (Å²) in [5.74, 6) is 0.362. The molecule has 1 aromatic carbocycles. The minimum absolute atomic E-state index is 0.286. The molecule has 3 N–H and O–H groups in total. The number of nitrogens with zero attached hydrogens (tertiary/aromatic N) is 1. The summed E-state index contributed by atoms with van der Waals surface area (Å²) >= 11 is 0. The van der Waals surface area contributed by atoms with Crippen LogP contribution in [0.1, 0.15) is 6.42 Å². The summed E-state index contributed by atoms with van der Waals surface area (Å²) in [5, 5.41) is 3.24. The van der Waals surface area contributed by atoms with Crippen molar-refractivity contribution in [3.8, 4) is 0 Å². The van der Waals surface area contributed by atoms with Gasteiger partial charge in [0.05, 0.1) is 0 Å². The lowest BCUT2D eigenvalue weighted by Gasteiger charge is -2.13. The van der Waals surface area contributed by atoms with Gasteiger partial charge in [-0.25, -0.2) is 4.39 Å². The van der Waals surface area contributed by atoms with Crippen LogP contribution in [-0.4, -0.2) is 31.6 Å². The highest BCUT2D eigenvalue weighted by molar-refractivity contribution is 5.54. The molecular formula is C12H18FN3. The summed E-state index contributed by atoms with van der Waals surface area (Å²) in [4.78, 5) is 2.31. The molecule has 1 aromatic rings. The van der Waals surface area contributed by atoms with Gasteiger partial charge in [0.2, 0.25) is 0 Å². The maximum absolute atomic E-state index is 13.1. The van der Waals surface area contributed by atoms with E-state index in [1.807, 2.05) is 0 Å². The van der Waals surface area contributed by atoms with E-state index in [-0.39, 0.29) is 5.82 Å². The number of nitrogen functional groups attached to an aromatic ring is 1. The Kier molecular flexibility index (Phi) is 3.29. The van der Waals surface area contributed by atoms with Crippen molar-refractivity contribution in [3.05, 3.63) is 24.0 Å². The molecular weight excluding hydrogens is 205 g/mol. The lowest BCUT2D eigenvalue weighted by atomic mass is 10.1. The number of rotatable bonds is 3. The first-order chi connectivity index (χ1) is 7.63. The average Bonchev–Trinajstić information content (AvgIpc) is 2.60. The van der Waals surface area contributed by atoms with E-state index in [9.17, 15) is 4.39 Å². The highest BCUT2D eigenvalue weighted by Gasteiger charge is 2.18. The van der Waals surface area contributed by atoms with Gasteiger partial charge in [0.25, 0.3) is 0 Å². The SMILES string of the molecule is CN1CCC(CNc2cc(N)cc(F)c2)C1. The normalized spacial score (nSPS) is 21.2. The fourth-order valence-electron chi connectivity index (χ4n) is 2.17. The molecule has 3 nitrogen and oxygen atoms in total. The van der Waals surface area contributed by atoms with Gasteiger partial charge in [-0.3, -0.25) is 0 Å². The summed E-state index contributed by atoms with van der Waals surface area (Å²) in [6.07, 6.45) is 1.20. The zero-order valence-corrected chi connectivity index (χ0v) is 9.54. The summed E-state index contributed by atoms with van der Waals surface area (Å²) in [5.41, 5.74) is 6.81. The molecule has 1 heterocycles. The second-order valence-corrected chi connectivity index (χ2v) is 4.57. The van der Waals surface area contributed by atoms with Gasteiger partial charge < -0.3 is 16.0 Å². The Morgan fingerprint density at radius 2 is 2.31 bits per heavy atom. The third-order valence-electron chi connectivity index (χ3n) is 3.00. The predicted octanol–water partition coefficient (Wildman–Crippen LogP) is 1.77. The van der Waals surface area contributed by atoms with Gasteiger partial charge in [0, 0.05) is 24.5 Å². The van der Waals surface area contributed by atoms with Gasteiger partial charge >= 0.3 is 0 Å². The van der Waals surface area contributed by atoms with Gasteiger partial charge in [0.1, 0.15) is 5.82 Å². The molecule has 88 valence electrons. The molecule has 1 unspecified atom stereocenters. The minimum atomic E-state index is -0.286. The van der Waals surface area contributed by atoms with E-state index < -0.39 is 0 Å². The molecule has 1 aliphatic heterocycles. The fraction of sp³-hybridized carbons (Fsp3) is 0.500. The third kappa shape index (κ3) is 2.85. The highest BCUT2D eigenvalue weighted by atomic mass is 19.1. The Morgan fingerprint density at radius 3 is 2.94 bits per heavy atom. The van der Waals surface area contributed by atoms with Crippen LogP contribution >= 0.6 is 0 Å². The topological polar surface area (TPSA) is 41.3 Å². The largest absolute Gasteiger partial charge is 0.399 e. The number of anilines is 2. The molecule has 0 aliphatic carbocycles. The second-order valence-electron chi connectivity index (χ2n) is 4.57. The molecule has 0 spiro atoms. The standard InChI is InChI=1S/C12H18FN3/c1-16-3-2-9(8-16)7-15-12-5-10(13)4-11(14)6-12/h4-6,9,15H,2-3,7-8,14H2,1H3. The molecule has 0 aromatic heterocycles. The number of hydrogen-bond acceptors (Lipinski definition) is 3. The van der Waals surface area contributed by atoms with Gasteiger partial charge in [-0.05, 0) is 44.1 Å². The maximum Gasteiger partial charge on any atom is 0.127 e. The Bertz CT molecular complexity index is 347. The monoisotopic (exact) mass is 223 g/mol. The average molecular weight is 223 g/mol. The Labute approximate surface area is 95.4 Å². The number of benzene rings is 1. The van der Waals surface area contributed by atoms with Crippen LogP contribution in [0.25, 0.3) is 0 Å². The van der Waals surface area contributed by atoms with Crippen molar-refractivity contribution < 1.29 is 4.39 Å². The van der Waals surface area contributed by atoms with Crippen molar-refractivity contribution in [1.82, 2.24) is 4.90 Å². The smallest absolute Gasteiger partial charge is 0.127 e. The Hall–Kier alpha value is -1.29. The first-order valence-corrected chi connectivity index (χ1v) is 5.62. The number of nitrogens with two attached hydrogens (primary N) is 1. The molecule has 1 atom stereocenters. The van der Waals surface area contributed by atoms with Crippen molar-refractivity contribution >= 4 is 11.4 Å². The highest BCUT2D eigenvalue weighted by Crippen LogP contribution is 2.18. The van der Waals surface area contributed by atoms with Crippen molar-refractivity contribution in [1.29, 1.82) is 0 Å². The first kappa shape index (κ1) is 11.2. The fourth-order valence-corrected chi connectivity index (χ4v) is 2.17. The molecule has 1 saturated heterocycles. The second kappa shape index (κ2) is 4.70. The number of hydrogen-bond donors (Lipinski definition) is 2. The van der Waals surface area contributed by atoms with Crippen LogP contribution in [-0.2, 0) is 0 Å². The van der Waals surface area contributed by atoms with Crippen molar-refractivity contribution in [2.75, 3.05) is 37.7 Å². The lowest BCUT2D eigenvalue weighted by Crippen LogP contribution is -2.19. The summed E-state index contributed by atoms with van der Waals surface area (Å²) in [7, 11) is 2.13. The van der Waals surface area contributed by atoms with Crippen LogP contribution in [0, 0.1) is 11.7 Å². The van der Waals surface area contributed by atoms with E-state index in [0.717, 1.165) is 25.3 Å². The molecule has 0 saturated carbocycles. The van der Waals surface area contributed by atoms with Crippen LogP contribution in [0.5, 0.6) is 0 Å². The van der Waals surface area contributed by atoms with Crippen LogP contribution in [0.3, 0.4) is 0 Å².